The molecule has 0 radical (unpaired) electrons. The van der Waals surface area contributed by atoms with Crippen LogP contribution in [0.2, 0.25) is 0 Å². The highest BCUT2D eigenvalue weighted by Gasteiger charge is 2.26. The van der Waals surface area contributed by atoms with E-state index in [0.29, 0.717) is 0 Å². The number of nitrogens with zero attached hydrogens (tertiary/aromatic N) is 2. The Bertz CT molecular complexity index is 379. The summed E-state index contributed by atoms with van der Waals surface area (Å²) < 4.78 is 5.71. The Morgan fingerprint density at radius 1 is 1.53 bits per heavy atom. The number of nitrogens with one attached hydrogen (secondary N) is 1. The van der Waals surface area contributed by atoms with E-state index in [1.54, 1.807) is 0 Å². The number of pyridine rings is 1. The molecule has 4 nitrogen and oxygen atoms in total. The molecule has 0 atom stereocenters. The lowest BCUT2D eigenvalue weighted by Gasteiger charge is -2.38. The summed E-state index contributed by atoms with van der Waals surface area (Å²) in [5.41, 5.74) is 1.26. The standard InChI is InChI=1S/C13H21N3O/c1-13(2)10-16(6-7-17-13)9-11-4-5-15-12(8-11)14-3/h4-5,8H,6-7,9-10H2,1-3H3,(H,14,15). The van der Waals surface area contributed by atoms with Gasteiger partial charge in [-0.05, 0) is 31.5 Å². The van der Waals surface area contributed by atoms with Crippen LogP contribution < -0.4 is 5.32 Å². The van der Waals surface area contributed by atoms with Crippen molar-refractivity contribution in [3.05, 3.63) is 23.9 Å². The molecule has 17 heavy (non-hydrogen) atoms. The van der Waals surface area contributed by atoms with Crippen LogP contribution in [0.3, 0.4) is 0 Å². The summed E-state index contributed by atoms with van der Waals surface area (Å²) in [5.74, 6) is 0.926. The van der Waals surface area contributed by atoms with E-state index < -0.39 is 0 Å². The first kappa shape index (κ1) is 12.3. The molecule has 1 aromatic rings. The lowest BCUT2D eigenvalue weighted by molar-refractivity contribution is -0.0882. The second-order valence-corrected chi connectivity index (χ2v) is 5.12. The molecule has 0 aromatic carbocycles. The van der Waals surface area contributed by atoms with E-state index in [1.165, 1.54) is 5.56 Å². The summed E-state index contributed by atoms with van der Waals surface area (Å²) in [7, 11) is 1.89. The van der Waals surface area contributed by atoms with E-state index in [1.807, 2.05) is 13.2 Å². The van der Waals surface area contributed by atoms with Crippen molar-refractivity contribution in [3.8, 4) is 0 Å². The predicted molar refractivity (Wildman–Crippen MR) is 69.1 cm³/mol. The summed E-state index contributed by atoms with van der Waals surface area (Å²) in [4.78, 5) is 6.65. The molecule has 0 spiro atoms. The molecule has 1 saturated heterocycles. The highest BCUT2D eigenvalue weighted by molar-refractivity contribution is 5.36. The van der Waals surface area contributed by atoms with Crippen LogP contribution in [0.1, 0.15) is 19.4 Å². The van der Waals surface area contributed by atoms with Crippen molar-refractivity contribution < 1.29 is 4.74 Å². The van der Waals surface area contributed by atoms with Gasteiger partial charge in [0.25, 0.3) is 0 Å². The molecule has 0 amide bonds. The lowest BCUT2D eigenvalue weighted by Crippen LogP contribution is -2.47. The topological polar surface area (TPSA) is 37.4 Å². The van der Waals surface area contributed by atoms with Crippen LogP contribution in [0.25, 0.3) is 0 Å². The summed E-state index contributed by atoms with van der Waals surface area (Å²) in [6.45, 7) is 8.04. The van der Waals surface area contributed by atoms with Crippen LogP contribution in [-0.2, 0) is 11.3 Å². The molecule has 1 fully saturated rings. The number of hydrogen-bond donors (Lipinski definition) is 1. The first-order valence-electron chi connectivity index (χ1n) is 6.08. The second-order valence-electron chi connectivity index (χ2n) is 5.12. The number of aromatic nitrogens is 1. The zero-order valence-corrected chi connectivity index (χ0v) is 10.9. The molecule has 0 saturated carbocycles. The third kappa shape index (κ3) is 3.41. The van der Waals surface area contributed by atoms with Crippen molar-refractivity contribution in [1.29, 1.82) is 0 Å². The monoisotopic (exact) mass is 235 g/mol. The molecule has 1 aliphatic rings. The highest BCUT2D eigenvalue weighted by atomic mass is 16.5. The van der Waals surface area contributed by atoms with Gasteiger partial charge in [0.2, 0.25) is 0 Å². The molecular formula is C13H21N3O. The molecular weight excluding hydrogens is 214 g/mol. The van der Waals surface area contributed by atoms with Crippen molar-refractivity contribution in [3.63, 3.8) is 0 Å². The molecule has 0 aliphatic carbocycles. The average molecular weight is 235 g/mol. The number of anilines is 1. The number of hydrogen-bond acceptors (Lipinski definition) is 4. The van der Waals surface area contributed by atoms with Gasteiger partial charge >= 0.3 is 0 Å². The molecule has 1 aliphatic heterocycles. The fourth-order valence-corrected chi connectivity index (χ4v) is 2.22. The Balaban J connectivity index is 2.00. The quantitative estimate of drug-likeness (QED) is 0.866. The fraction of sp³-hybridized carbons (Fsp3) is 0.615. The van der Waals surface area contributed by atoms with Crippen LogP contribution in [0.5, 0.6) is 0 Å². The van der Waals surface area contributed by atoms with Crippen LogP contribution in [-0.4, -0.2) is 42.2 Å². The van der Waals surface area contributed by atoms with Crippen LogP contribution >= 0.6 is 0 Å². The van der Waals surface area contributed by atoms with Gasteiger partial charge < -0.3 is 10.1 Å². The van der Waals surface area contributed by atoms with Crippen molar-refractivity contribution in [2.75, 3.05) is 32.1 Å². The summed E-state index contributed by atoms with van der Waals surface area (Å²) >= 11 is 0. The Morgan fingerprint density at radius 2 is 2.35 bits per heavy atom. The van der Waals surface area contributed by atoms with E-state index in [4.69, 9.17) is 4.74 Å². The predicted octanol–water partition coefficient (Wildman–Crippen LogP) is 1.73. The zero-order chi connectivity index (χ0) is 12.3. The largest absolute Gasteiger partial charge is 0.373 e. The normalized spacial score (nSPS) is 20.2. The maximum Gasteiger partial charge on any atom is 0.125 e. The fourth-order valence-electron chi connectivity index (χ4n) is 2.22. The Labute approximate surface area is 103 Å². The molecule has 2 heterocycles. The molecule has 0 bridgehead atoms. The van der Waals surface area contributed by atoms with Gasteiger partial charge in [-0.1, -0.05) is 0 Å². The van der Waals surface area contributed by atoms with Crippen molar-refractivity contribution >= 4 is 5.82 Å². The van der Waals surface area contributed by atoms with Gasteiger partial charge in [0.1, 0.15) is 5.82 Å². The van der Waals surface area contributed by atoms with Crippen LogP contribution in [0, 0.1) is 0 Å². The van der Waals surface area contributed by atoms with E-state index in [-0.39, 0.29) is 5.60 Å². The van der Waals surface area contributed by atoms with Gasteiger partial charge in [0.15, 0.2) is 0 Å². The van der Waals surface area contributed by atoms with Crippen molar-refractivity contribution in [2.24, 2.45) is 0 Å². The number of rotatable bonds is 3. The number of morpholine rings is 1. The molecule has 4 heteroatoms. The Morgan fingerprint density at radius 3 is 3.06 bits per heavy atom. The van der Waals surface area contributed by atoms with E-state index >= 15 is 0 Å². The van der Waals surface area contributed by atoms with E-state index in [0.717, 1.165) is 32.1 Å². The molecule has 1 N–H and O–H groups in total. The van der Waals surface area contributed by atoms with Gasteiger partial charge in [-0.3, -0.25) is 4.90 Å². The molecule has 0 unspecified atom stereocenters. The number of ether oxygens (including phenoxy) is 1. The summed E-state index contributed by atoms with van der Waals surface area (Å²) in [6, 6.07) is 4.17. The highest BCUT2D eigenvalue weighted by Crippen LogP contribution is 2.18. The third-order valence-corrected chi connectivity index (χ3v) is 2.99. The first-order chi connectivity index (χ1) is 8.09. The van der Waals surface area contributed by atoms with Crippen LogP contribution in [0.4, 0.5) is 5.82 Å². The first-order valence-corrected chi connectivity index (χ1v) is 6.08. The smallest absolute Gasteiger partial charge is 0.125 e. The minimum absolute atomic E-state index is 0.0306. The van der Waals surface area contributed by atoms with Crippen molar-refractivity contribution in [1.82, 2.24) is 9.88 Å². The van der Waals surface area contributed by atoms with Crippen LogP contribution in [0.15, 0.2) is 18.3 Å². The second kappa shape index (κ2) is 5.02. The summed E-state index contributed by atoms with van der Waals surface area (Å²) in [5, 5.41) is 3.07. The van der Waals surface area contributed by atoms with Crippen molar-refractivity contribution in [2.45, 2.75) is 26.0 Å². The van der Waals surface area contributed by atoms with E-state index in [9.17, 15) is 0 Å². The maximum atomic E-state index is 5.71. The molecule has 1 aromatic heterocycles. The van der Waals surface area contributed by atoms with Gasteiger partial charge in [0, 0.05) is 32.9 Å². The van der Waals surface area contributed by atoms with Gasteiger partial charge in [0.05, 0.1) is 12.2 Å². The summed E-state index contributed by atoms with van der Waals surface area (Å²) in [6.07, 6.45) is 1.85. The van der Waals surface area contributed by atoms with E-state index in [2.05, 4.69) is 41.2 Å². The minimum atomic E-state index is -0.0306. The minimum Gasteiger partial charge on any atom is -0.373 e. The Kier molecular flexibility index (Phi) is 3.64. The third-order valence-electron chi connectivity index (χ3n) is 2.99. The van der Waals surface area contributed by atoms with Gasteiger partial charge in [-0.2, -0.15) is 0 Å². The maximum absolute atomic E-state index is 5.71. The molecule has 2 rings (SSSR count). The SMILES string of the molecule is CNc1cc(CN2CCOC(C)(C)C2)ccn1. The van der Waals surface area contributed by atoms with Gasteiger partial charge in [-0.25, -0.2) is 4.98 Å². The Hall–Kier alpha value is -1.13. The lowest BCUT2D eigenvalue weighted by atomic mass is 10.1. The molecule has 94 valence electrons. The average Bonchev–Trinajstić information content (AvgIpc) is 2.28. The van der Waals surface area contributed by atoms with Gasteiger partial charge in [-0.15, -0.1) is 0 Å². The zero-order valence-electron chi connectivity index (χ0n) is 10.9.